The molecule has 0 unspecified atom stereocenters. The molecule has 2 aromatic heterocycles. The van der Waals surface area contributed by atoms with Gasteiger partial charge in [0.25, 0.3) is 0 Å². The van der Waals surface area contributed by atoms with Gasteiger partial charge >= 0.3 is 0 Å². The molecule has 1 aliphatic rings. The summed E-state index contributed by atoms with van der Waals surface area (Å²) < 4.78 is 10.6. The van der Waals surface area contributed by atoms with Crippen LogP contribution in [0.5, 0.6) is 5.75 Å². The van der Waals surface area contributed by atoms with E-state index in [0.29, 0.717) is 11.7 Å². The van der Waals surface area contributed by atoms with Crippen LogP contribution in [0.2, 0.25) is 0 Å². The molecule has 134 valence electrons. The molecule has 0 bridgehead atoms. The molecule has 1 aliphatic heterocycles. The molecule has 0 spiro atoms. The lowest BCUT2D eigenvalue weighted by Crippen LogP contribution is -2.31. The van der Waals surface area contributed by atoms with E-state index in [1.165, 1.54) is 19.3 Å². The molecule has 0 saturated carbocycles. The Balaban J connectivity index is 1.48. The lowest BCUT2D eigenvalue weighted by molar-refractivity contribution is 0.415. The van der Waals surface area contributed by atoms with Gasteiger partial charge in [-0.2, -0.15) is 4.98 Å². The highest BCUT2D eigenvalue weighted by molar-refractivity contribution is 5.64. The van der Waals surface area contributed by atoms with Crippen LogP contribution < -0.4 is 15.0 Å². The van der Waals surface area contributed by atoms with Crippen LogP contribution >= 0.6 is 0 Å². The van der Waals surface area contributed by atoms with Gasteiger partial charge in [-0.15, -0.1) is 0 Å². The third-order valence-electron chi connectivity index (χ3n) is 4.43. The monoisotopic (exact) mass is 351 g/mol. The number of rotatable bonds is 5. The van der Waals surface area contributed by atoms with Crippen LogP contribution in [0, 0.1) is 0 Å². The van der Waals surface area contributed by atoms with Crippen LogP contribution in [-0.4, -0.2) is 35.3 Å². The Labute approximate surface area is 152 Å². The minimum absolute atomic E-state index is 0.541. The highest BCUT2D eigenvalue weighted by Crippen LogP contribution is 2.26. The zero-order valence-electron chi connectivity index (χ0n) is 14.7. The smallest absolute Gasteiger partial charge is 0.230 e. The van der Waals surface area contributed by atoms with Crippen molar-refractivity contribution >= 4 is 17.7 Å². The molecule has 26 heavy (non-hydrogen) atoms. The Morgan fingerprint density at radius 1 is 1.08 bits per heavy atom. The molecule has 4 rings (SSSR count). The summed E-state index contributed by atoms with van der Waals surface area (Å²) in [5.41, 5.74) is 1.71. The van der Waals surface area contributed by atoms with E-state index < -0.39 is 0 Å². The maximum absolute atomic E-state index is 5.40. The standard InChI is InChI=1S/C19H21N5O2/c1-25-15-7-5-14(6-8-15)16-13-18(26-23-16)21-17-9-10-20-19(22-17)24-11-3-2-4-12-24/h5-10,13H,2-4,11-12H2,1H3,(H,20,21,22). The molecule has 7 nitrogen and oxygen atoms in total. The SMILES string of the molecule is COc1ccc(-c2cc(Nc3ccnc(N4CCCCC4)n3)on2)cc1. The molecular formula is C19H21N5O2. The van der Waals surface area contributed by atoms with E-state index in [1.54, 1.807) is 13.3 Å². The van der Waals surface area contributed by atoms with Crippen molar-refractivity contribution in [1.29, 1.82) is 0 Å². The Morgan fingerprint density at radius 3 is 2.65 bits per heavy atom. The number of benzene rings is 1. The summed E-state index contributed by atoms with van der Waals surface area (Å²) in [6, 6.07) is 11.4. The van der Waals surface area contributed by atoms with Crippen LogP contribution in [0.15, 0.2) is 47.1 Å². The van der Waals surface area contributed by atoms with Crippen LogP contribution in [0.3, 0.4) is 0 Å². The van der Waals surface area contributed by atoms with Crippen LogP contribution in [0.1, 0.15) is 19.3 Å². The van der Waals surface area contributed by atoms with E-state index in [9.17, 15) is 0 Å². The summed E-state index contributed by atoms with van der Waals surface area (Å²) in [7, 11) is 1.65. The van der Waals surface area contributed by atoms with Crippen molar-refractivity contribution in [3.63, 3.8) is 0 Å². The largest absolute Gasteiger partial charge is 0.497 e. The van der Waals surface area contributed by atoms with Gasteiger partial charge in [-0.3, -0.25) is 0 Å². The van der Waals surface area contributed by atoms with Gasteiger partial charge in [0.1, 0.15) is 17.3 Å². The average Bonchev–Trinajstić information content (AvgIpc) is 3.17. The van der Waals surface area contributed by atoms with E-state index in [2.05, 4.69) is 25.3 Å². The maximum atomic E-state index is 5.40. The zero-order valence-corrected chi connectivity index (χ0v) is 14.7. The van der Waals surface area contributed by atoms with Crippen LogP contribution in [-0.2, 0) is 0 Å². The predicted octanol–water partition coefficient (Wildman–Crippen LogP) is 3.87. The third kappa shape index (κ3) is 3.61. The molecular weight excluding hydrogens is 330 g/mol. The Hall–Kier alpha value is -3.09. The summed E-state index contributed by atoms with van der Waals surface area (Å²) in [5, 5.41) is 7.28. The molecule has 0 aliphatic carbocycles. The molecule has 1 saturated heterocycles. The first-order valence-corrected chi connectivity index (χ1v) is 8.78. The average molecular weight is 351 g/mol. The minimum Gasteiger partial charge on any atom is -0.497 e. The number of ether oxygens (including phenoxy) is 1. The molecule has 3 aromatic rings. The summed E-state index contributed by atoms with van der Waals surface area (Å²) in [6.07, 6.45) is 5.42. The predicted molar refractivity (Wildman–Crippen MR) is 99.9 cm³/mol. The Morgan fingerprint density at radius 2 is 1.88 bits per heavy atom. The summed E-state index contributed by atoms with van der Waals surface area (Å²) in [5.74, 6) is 2.79. The van der Waals surface area contributed by atoms with Crippen molar-refractivity contribution in [2.24, 2.45) is 0 Å². The highest BCUT2D eigenvalue weighted by Gasteiger charge is 2.14. The van der Waals surface area contributed by atoms with Crippen molar-refractivity contribution < 1.29 is 9.26 Å². The van der Waals surface area contributed by atoms with E-state index in [4.69, 9.17) is 9.26 Å². The van der Waals surface area contributed by atoms with Crippen molar-refractivity contribution in [2.75, 3.05) is 30.4 Å². The van der Waals surface area contributed by atoms with E-state index in [1.807, 2.05) is 36.4 Å². The first-order chi connectivity index (χ1) is 12.8. The second kappa shape index (κ2) is 7.43. The lowest BCUT2D eigenvalue weighted by Gasteiger charge is -2.26. The lowest BCUT2D eigenvalue weighted by atomic mass is 10.1. The quantitative estimate of drug-likeness (QED) is 0.747. The number of aromatic nitrogens is 3. The van der Waals surface area contributed by atoms with Crippen molar-refractivity contribution in [1.82, 2.24) is 15.1 Å². The van der Waals surface area contributed by atoms with Gasteiger partial charge in [-0.05, 0) is 49.6 Å². The first-order valence-electron chi connectivity index (χ1n) is 8.78. The van der Waals surface area contributed by atoms with Crippen LogP contribution in [0.25, 0.3) is 11.3 Å². The van der Waals surface area contributed by atoms with Gasteiger partial charge in [0, 0.05) is 30.9 Å². The molecule has 0 radical (unpaired) electrons. The van der Waals surface area contributed by atoms with E-state index >= 15 is 0 Å². The maximum Gasteiger partial charge on any atom is 0.230 e. The second-order valence-electron chi connectivity index (χ2n) is 6.22. The third-order valence-corrected chi connectivity index (χ3v) is 4.43. The van der Waals surface area contributed by atoms with Crippen LogP contribution in [0.4, 0.5) is 17.7 Å². The molecule has 0 atom stereocenters. The summed E-state index contributed by atoms with van der Waals surface area (Å²) >= 11 is 0. The van der Waals surface area contributed by atoms with Gasteiger partial charge in [-0.25, -0.2) is 4.98 Å². The highest BCUT2D eigenvalue weighted by atomic mass is 16.5. The number of hydrogen-bond donors (Lipinski definition) is 1. The van der Waals surface area contributed by atoms with Gasteiger partial charge < -0.3 is 19.5 Å². The number of methoxy groups -OCH3 is 1. The normalized spacial score (nSPS) is 14.3. The summed E-state index contributed by atoms with van der Waals surface area (Å²) in [6.45, 7) is 2.01. The van der Waals surface area contributed by atoms with Crippen molar-refractivity contribution in [2.45, 2.75) is 19.3 Å². The van der Waals surface area contributed by atoms with Crippen molar-refractivity contribution in [3.05, 3.63) is 42.6 Å². The number of nitrogens with one attached hydrogen (secondary N) is 1. The van der Waals surface area contributed by atoms with Crippen molar-refractivity contribution in [3.8, 4) is 17.0 Å². The fraction of sp³-hybridized carbons (Fsp3) is 0.316. The molecule has 3 heterocycles. The van der Waals surface area contributed by atoms with Gasteiger partial charge in [0.2, 0.25) is 11.8 Å². The number of anilines is 3. The van der Waals surface area contributed by atoms with Gasteiger partial charge in [-0.1, -0.05) is 5.16 Å². The van der Waals surface area contributed by atoms with E-state index in [-0.39, 0.29) is 0 Å². The fourth-order valence-corrected chi connectivity index (χ4v) is 3.02. The molecule has 7 heteroatoms. The fourth-order valence-electron chi connectivity index (χ4n) is 3.02. The minimum atomic E-state index is 0.541. The molecule has 0 amide bonds. The molecule has 1 aromatic carbocycles. The second-order valence-corrected chi connectivity index (χ2v) is 6.22. The van der Waals surface area contributed by atoms with Gasteiger partial charge in [0.05, 0.1) is 7.11 Å². The number of hydrogen-bond acceptors (Lipinski definition) is 7. The zero-order chi connectivity index (χ0) is 17.8. The first kappa shape index (κ1) is 16.4. The molecule has 1 fully saturated rings. The summed E-state index contributed by atoms with van der Waals surface area (Å²) in [4.78, 5) is 11.2. The van der Waals surface area contributed by atoms with Gasteiger partial charge in [0.15, 0.2) is 0 Å². The number of nitrogens with zero attached hydrogens (tertiary/aromatic N) is 4. The topological polar surface area (TPSA) is 76.3 Å². The molecule has 1 N–H and O–H groups in total. The Kier molecular flexibility index (Phi) is 4.68. The Bertz CT molecular complexity index is 856. The van der Waals surface area contributed by atoms with E-state index in [0.717, 1.165) is 36.0 Å². The number of piperidine rings is 1.